The van der Waals surface area contributed by atoms with Crippen molar-refractivity contribution in [3.63, 3.8) is 0 Å². The largest absolute Gasteiger partial charge is 0.461 e. The molecule has 2 aromatic heterocycles. The molecule has 1 aliphatic heterocycles. The fourth-order valence-electron chi connectivity index (χ4n) is 2.93. The summed E-state index contributed by atoms with van der Waals surface area (Å²) in [5, 5.41) is 3.88. The van der Waals surface area contributed by atoms with Gasteiger partial charge in [-0.2, -0.15) is 9.29 Å². The summed E-state index contributed by atoms with van der Waals surface area (Å²) in [5.74, 6) is 1.22. The summed E-state index contributed by atoms with van der Waals surface area (Å²) in [6.07, 6.45) is 1.53. The van der Waals surface area contributed by atoms with Crippen LogP contribution >= 0.6 is 0 Å². The van der Waals surface area contributed by atoms with E-state index in [1.807, 2.05) is 26.0 Å². The Bertz CT molecular complexity index is 1000. The topological polar surface area (TPSA) is 89.4 Å². The summed E-state index contributed by atoms with van der Waals surface area (Å²) >= 11 is 0. The minimum atomic E-state index is -3.50. The lowest BCUT2D eigenvalue weighted by atomic mass is 10.0. The number of hydrogen-bond acceptors (Lipinski definition) is 6. The number of rotatable bonds is 4. The Hall–Kier alpha value is -2.45. The zero-order chi connectivity index (χ0) is 17.6. The molecule has 1 aromatic carbocycles. The predicted octanol–water partition coefficient (Wildman–Crippen LogP) is 2.73. The molecule has 0 aliphatic carbocycles. The molecule has 0 atom stereocenters. The van der Waals surface area contributed by atoms with Gasteiger partial charge in [0.1, 0.15) is 0 Å². The van der Waals surface area contributed by atoms with E-state index in [1.54, 1.807) is 18.2 Å². The van der Waals surface area contributed by atoms with Gasteiger partial charge >= 0.3 is 0 Å². The van der Waals surface area contributed by atoms with E-state index in [4.69, 9.17) is 8.94 Å². The Morgan fingerprint density at radius 1 is 1.20 bits per heavy atom. The fraction of sp³-hybridized carbons (Fsp3) is 0.294. The van der Waals surface area contributed by atoms with Crippen molar-refractivity contribution < 1.29 is 17.4 Å². The molecule has 0 saturated carbocycles. The van der Waals surface area contributed by atoms with Gasteiger partial charge in [-0.1, -0.05) is 22.9 Å². The number of nitrogens with zero attached hydrogens (tertiary/aromatic N) is 3. The highest BCUT2D eigenvalue weighted by Gasteiger charge is 2.41. The second-order valence-corrected chi connectivity index (χ2v) is 8.13. The van der Waals surface area contributed by atoms with E-state index < -0.39 is 10.0 Å². The summed E-state index contributed by atoms with van der Waals surface area (Å²) in [6, 6.07) is 8.83. The number of benzene rings is 1. The predicted molar refractivity (Wildman–Crippen MR) is 89.4 cm³/mol. The number of sulfonamides is 1. The van der Waals surface area contributed by atoms with Crippen LogP contribution in [0.4, 0.5) is 0 Å². The average molecular weight is 359 g/mol. The smallest absolute Gasteiger partial charge is 0.243 e. The molecule has 1 saturated heterocycles. The van der Waals surface area contributed by atoms with E-state index in [0.29, 0.717) is 35.5 Å². The van der Waals surface area contributed by atoms with Crippen LogP contribution in [0.3, 0.4) is 0 Å². The molecule has 7 nitrogen and oxygen atoms in total. The third kappa shape index (κ3) is 2.77. The minimum Gasteiger partial charge on any atom is -0.461 e. The van der Waals surface area contributed by atoms with Gasteiger partial charge in [0, 0.05) is 13.1 Å². The standard InChI is InChI=1S/C17H17N3O4S/c1-11-5-6-15(12(2)8-11)25(21,22)20-9-13(10-20)17-18-16(19-24-17)14-4-3-7-23-14/h3-8,13H,9-10H2,1-2H3. The SMILES string of the molecule is Cc1ccc(S(=O)(=O)N2CC(c3nc(-c4ccco4)no3)C2)c(C)c1. The van der Waals surface area contributed by atoms with Crippen molar-refractivity contribution in [2.45, 2.75) is 24.7 Å². The summed E-state index contributed by atoms with van der Waals surface area (Å²) < 4.78 is 37.4. The molecule has 4 rings (SSSR count). The first-order valence-electron chi connectivity index (χ1n) is 7.90. The Morgan fingerprint density at radius 2 is 2.00 bits per heavy atom. The van der Waals surface area contributed by atoms with Crippen molar-refractivity contribution in [1.29, 1.82) is 0 Å². The van der Waals surface area contributed by atoms with Gasteiger partial charge < -0.3 is 8.94 Å². The molecule has 1 aliphatic rings. The van der Waals surface area contributed by atoms with E-state index in [9.17, 15) is 8.42 Å². The summed E-state index contributed by atoms with van der Waals surface area (Å²) in [7, 11) is -3.50. The fourth-order valence-corrected chi connectivity index (χ4v) is 4.66. The van der Waals surface area contributed by atoms with Crippen LogP contribution in [-0.2, 0) is 10.0 Å². The summed E-state index contributed by atoms with van der Waals surface area (Å²) in [4.78, 5) is 4.65. The van der Waals surface area contributed by atoms with E-state index >= 15 is 0 Å². The maximum absolute atomic E-state index is 12.8. The molecule has 3 aromatic rings. The second kappa shape index (κ2) is 5.82. The van der Waals surface area contributed by atoms with Crippen molar-refractivity contribution in [2.75, 3.05) is 13.1 Å². The highest BCUT2D eigenvalue weighted by Crippen LogP contribution is 2.33. The van der Waals surface area contributed by atoms with Crippen LogP contribution < -0.4 is 0 Å². The number of furan rings is 1. The van der Waals surface area contributed by atoms with Crippen molar-refractivity contribution in [3.05, 3.63) is 53.6 Å². The molecule has 8 heteroatoms. The molecule has 3 heterocycles. The Morgan fingerprint density at radius 3 is 2.68 bits per heavy atom. The zero-order valence-corrected chi connectivity index (χ0v) is 14.7. The van der Waals surface area contributed by atoms with Gasteiger partial charge in [-0.25, -0.2) is 8.42 Å². The molecule has 0 unspecified atom stereocenters. The van der Waals surface area contributed by atoms with E-state index in [-0.39, 0.29) is 5.92 Å². The van der Waals surface area contributed by atoms with Crippen LogP contribution in [0.2, 0.25) is 0 Å². The lowest BCUT2D eigenvalue weighted by Gasteiger charge is -2.36. The molecular formula is C17H17N3O4S. The van der Waals surface area contributed by atoms with E-state index in [1.165, 1.54) is 10.6 Å². The Balaban J connectivity index is 1.50. The first-order valence-corrected chi connectivity index (χ1v) is 9.34. The lowest BCUT2D eigenvalue weighted by molar-refractivity contribution is 0.216. The van der Waals surface area contributed by atoms with Crippen LogP contribution in [0.25, 0.3) is 11.6 Å². The summed E-state index contributed by atoms with van der Waals surface area (Å²) in [6.45, 7) is 4.41. The van der Waals surface area contributed by atoms with Gasteiger partial charge in [0.25, 0.3) is 0 Å². The van der Waals surface area contributed by atoms with Gasteiger partial charge in [0.05, 0.1) is 17.1 Å². The van der Waals surface area contributed by atoms with Gasteiger partial charge in [-0.3, -0.25) is 0 Å². The number of aromatic nitrogens is 2. The Labute approximate surface area is 145 Å². The molecule has 25 heavy (non-hydrogen) atoms. The molecule has 0 radical (unpaired) electrons. The monoisotopic (exact) mass is 359 g/mol. The van der Waals surface area contributed by atoms with Crippen molar-refractivity contribution >= 4 is 10.0 Å². The third-order valence-electron chi connectivity index (χ3n) is 4.33. The minimum absolute atomic E-state index is 0.100. The normalized spacial score (nSPS) is 16.1. The van der Waals surface area contributed by atoms with Crippen molar-refractivity contribution in [3.8, 4) is 11.6 Å². The average Bonchev–Trinajstić information content (AvgIpc) is 3.15. The highest BCUT2D eigenvalue weighted by atomic mass is 32.2. The van der Waals surface area contributed by atoms with Gasteiger partial charge in [-0.05, 0) is 37.6 Å². The summed E-state index contributed by atoms with van der Waals surface area (Å²) in [5.41, 5.74) is 1.79. The van der Waals surface area contributed by atoms with Crippen LogP contribution in [0.15, 0.2) is 50.4 Å². The molecular weight excluding hydrogens is 342 g/mol. The Kier molecular flexibility index (Phi) is 3.73. The van der Waals surface area contributed by atoms with Crippen molar-refractivity contribution in [1.82, 2.24) is 14.4 Å². The zero-order valence-electron chi connectivity index (χ0n) is 13.8. The van der Waals surface area contributed by atoms with Crippen LogP contribution in [0.5, 0.6) is 0 Å². The van der Waals surface area contributed by atoms with E-state index in [2.05, 4.69) is 10.1 Å². The van der Waals surface area contributed by atoms with Crippen LogP contribution in [0.1, 0.15) is 22.9 Å². The quantitative estimate of drug-likeness (QED) is 0.711. The number of aryl methyl sites for hydroxylation is 2. The molecule has 0 spiro atoms. The molecule has 0 amide bonds. The van der Waals surface area contributed by atoms with Gasteiger partial charge in [0.2, 0.25) is 21.7 Å². The molecule has 130 valence electrons. The van der Waals surface area contributed by atoms with Gasteiger partial charge in [0.15, 0.2) is 5.76 Å². The van der Waals surface area contributed by atoms with Crippen LogP contribution in [-0.4, -0.2) is 36.0 Å². The molecule has 1 fully saturated rings. The maximum atomic E-state index is 12.8. The van der Waals surface area contributed by atoms with Crippen LogP contribution in [0, 0.1) is 13.8 Å². The highest BCUT2D eigenvalue weighted by molar-refractivity contribution is 7.89. The first-order chi connectivity index (χ1) is 11.9. The molecule has 0 N–H and O–H groups in total. The first kappa shape index (κ1) is 16.0. The molecule has 0 bridgehead atoms. The lowest BCUT2D eigenvalue weighted by Crippen LogP contribution is -2.48. The maximum Gasteiger partial charge on any atom is 0.243 e. The van der Waals surface area contributed by atoms with E-state index in [0.717, 1.165) is 11.1 Å². The number of hydrogen-bond donors (Lipinski definition) is 0. The van der Waals surface area contributed by atoms with Crippen molar-refractivity contribution in [2.24, 2.45) is 0 Å². The third-order valence-corrected chi connectivity index (χ3v) is 6.32. The van der Waals surface area contributed by atoms with Gasteiger partial charge in [-0.15, -0.1) is 0 Å². The second-order valence-electron chi connectivity index (χ2n) is 6.22.